The van der Waals surface area contributed by atoms with Crippen LogP contribution in [0.5, 0.6) is 5.75 Å². The van der Waals surface area contributed by atoms with Crippen molar-refractivity contribution >= 4 is 11.9 Å². The summed E-state index contributed by atoms with van der Waals surface area (Å²) in [7, 11) is 0. The van der Waals surface area contributed by atoms with Gasteiger partial charge in [-0.15, -0.1) is 0 Å². The number of ether oxygens (including phenoxy) is 2. The Hall–Kier alpha value is -1.84. The lowest BCUT2D eigenvalue weighted by Gasteiger charge is -2.06. The van der Waals surface area contributed by atoms with E-state index in [4.69, 9.17) is 9.47 Å². The summed E-state index contributed by atoms with van der Waals surface area (Å²) in [5.74, 6) is 0.185. The smallest absolute Gasteiger partial charge is 0.311 e. The first kappa shape index (κ1) is 25.2. The average molecular weight is 405 g/mol. The highest BCUT2D eigenvalue weighted by Gasteiger charge is 2.07. The molecule has 1 aromatic carbocycles. The molecule has 29 heavy (non-hydrogen) atoms. The van der Waals surface area contributed by atoms with Gasteiger partial charge in [-0.3, -0.25) is 9.59 Å². The first-order valence-electron chi connectivity index (χ1n) is 11.6. The van der Waals surface area contributed by atoms with Crippen LogP contribution in [0.3, 0.4) is 0 Å². The van der Waals surface area contributed by atoms with Crippen molar-refractivity contribution in [3.05, 3.63) is 29.8 Å². The molecule has 164 valence electrons. The number of hydrogen-bond donors (Lipinski definition) is 0. The standard InChI is InChI=1S/C25H40O4/c1-3-5-6-7-8-9-10-11-14-20-28-24(26)18-12-13-19-25(27)29-23-17-15-16-22(4-2)21-23/h15-17,21H,3-14,18-20H2,1-2H3. The molecule has 0 heterocycles. The molecule has 0 aliphatic rings. The Balaban J connectivity index is 1.95. The van der Waals surface area contributed by atoms with Gasteiger partial charge < -0.3 is 9.47 Å². The van der Waals surface area contributed by atoms with E-state index in [0.717, 1.165) is 24.8 Å². The molecule has 0 bridgehead atoms. The fraction of sp³-hybridized carbons (Fsp3) is 0.680. The van der Waals surface area contributed by atoms with E-state index in [1.54, 1.807) is 6.07 Å². The summed E-state index contributed by atoms with van der Waals surface area (Å²) in [5, 5.41) is 0. The maximum atomic E-state index is 11.9. The number of unbranched alkanes of at least 4 members (excludes halogenated alkanes) is 9. The monoisotopic (exact) mass is 404 g/mol. The third-order valence-electron chi connectivity index (χ3n) is 5.06. The Morgan fingerprint density at radius 1 is 0.759 bits per heavy atom. The quantitative estimate of drug-likeness (QED) is 0.163. The molecule has 0 amide bonds. The van der Waals surface area contributed by atoms with Crippen molar-refractivity contribution < 1.29 is 19.1 Å². The van der Waals surface area contributed by atoms with Crippen LogP contribution in [-0.2, 0) is 20.7 Å². The Labute approximate surface area is 177 Å². The first-order chi connectivity index (χ1) is 14.2. The fourth-order valence-corrected chi connectivity index (χ4v) is 3.22. The molecular weight excluding hydrogens is 364 g/mol. The molecular formula is C25H40O4. The molecule has 1 rings (SSSR count). The molecule has 0 N–H and O–H groups in total. The molecule has 0 saturated carbocycles. The van der Waals surface area contributed by atoms with E-state index in [9.17, 15) is 9.59 Å². The zero-order chi connectivity index (χ0) is 21.2. The molecule has 0 aliphatic carbocycles. The molecule has 4 nitrogen and oxygen atoms in total. The SMILES string of the molecule is CCCCCCCCCCCOC(=O)CCCCC(=O)Oc1cccc(CC)c1. The zero-order valence-electron chi connectivity index (χ0n) is 18.5. The summed E-state index contributed by atoms with van der Waals surface area (Å²) in [5.41, 5.74) is 1.14. The third kappa shape index (κ3) is 13.9. The van der Waals surface area contributed by atoms with E-state index in [2.05, 4.69) is 13.8 Å². The molecule has 0 saturated heterocycles. The lowest BCUT2D eigenvalue weighted by Crippen LogP contribution is -2.09. The second-order valence-corrected chi connectivity index (χ2v) is 7.73. The van der Waals surface area contributed by atoms with E-state index in [1.807, 2.05) is 18.2 Å². The zero-order valence-corrected chi connectivity index (χ0v) is 18.5. The highest BCUT2D eigenvalue weighted by atomic mass is 16.5. The lowest BCUT2D eigenvalue weighted by molar-refractivity contribution is -0.144. The van der Waals surface area contributed by atoms with Gasteiger partial charge in [0.05, 0.1) is 6.61 Å². The maximum absolute atomic E-state index is 11.9. The summed E-state index contributed by atoms with van der Waals surface area (Å²) in [6, 6.07) is 7.59. The molecule has 0 unspecified atom stereocenters. The van der Waals surface area contributed by atoms with Crippen molar-refractivity contribution in [2.24, 2.45) is 0 Å². The number of aryl methyl sites for hydroxylation is 1. The van der Waals surface area contributed by atoms with Gasteiger partial charge in [0.25, 0.3) is 0 Å². The van der Waals surface area contributed by atoms with Crippen LogP contribution in [0, 0.1) is 0 Å². The first-order valence-corrected chi connectivity index (χ1v) is 11.6. The number of benzene rings is 1. The van der Waals surface area contributed by atoms with Gasteiger partial charge in [0.1, 0.15) is 5.75 Å². The Bertz CT molecular complexity index is 568. The second kappa shape index (κ2) is 17.1. The van der Waals surface area contributed by atoms with Crippen molar-refractivity contribution in [2.75, 3.05) is 6.61 Å². The molecule has 0 fully saturated rings. The summed E-state index contributed by atoms with van der Waals surface area (Å²) in [6.45, 7) is 4.82. The molecule has 0 aromatic heterocycles. The van der Waals surface area contributed by atoms with E-state index >= 15 is 0 Å². The Morgan fingerprint density at radius 3 is 2.03 bits per heavy atom. The van der Waals surface area contributed by atoms with Gasteiger partial charge in [0, 0.05) is 12.8 Å². The van der Waals surface area contributed by atoms with E-state index in [-0.39, 0.29) is 11.9 Å². The van der Waals surface area contributed by atoms with Crippen molar-refractivity contribution in [2.45, 2.75) is 104 Å². The van der Waals surface area contributed by atoms with E-state index < -0.39 is 0 Å². The van der Waals surface area contributed by atoms with Crippen LogP contribution in [-0.4, -0.2) is 18.5 Å². The van der Waals surface area contributed by atoms with Crippen LogP contribution in [0.2, 0.25) is 0 Å². The number of hydrogen-bond acceptors (Lipinski definition) is 4. The van der Waals surface area contributed by atoms with Gasteiger partial charge in [-0.05, 0) is 43.4 Å². The summed E-state index contributed by atoms with van der Waals surface area (Å²) < 4.78 is 10.6. The van der Waals surface area contributed by atoms with Crippen molar-refractivity contribution in [3.8, 4) is 5.75 Å². The molecule has 0 atom stereocenters. The molecule has 0 radical (unpaired) electrons. The summed E-state index contributed by atoms with van der Waals surface area (Å²) in [6.07, 6.45) is 14.2. The predicted octanol–water partition coefficient (Wildman–Crippen LogP) is 6.79. The minimum Gasteiger partial charge on any atom is -0.466 e. The lowest BCUT2D eigenvalue weighted by atomic mass is 10.1. The van der Waals surface area contributed by atoms with Crippen LogP contribution >= 0.6 is 0 Å². The second-order valence-electron chi connectivity index (χ2n) is 7.73. The van der Waals surface area contributed by atoms with Crippen LogP contribution in [0.25, 0.3) is 0 Å². The Morgan fingerprint density at radius 2 is 1.38 bits per heavy atom. The number of carbonyl (C=O) groups excluding carboxylic acids is 2. The number of carbonyl (C=O) groups is 2. The van der Waals surface area contributed by atoms with Crippen LogP contribution in [0.15, 0.2) is 24.3 Å². The molecule has 0 spiro atoms. The topological polar surface area (TPSA) is 52.6 Å². The van der Waals surface area contributed by atoms with Crippen LogP contribution < -0.4 is 4.74 Å². The molecule has 4 heteroatoms. The fourth-order valence-electron chi connectivity index (χ4n) is 3.22. The minimum atomic E-state index is -0.249. The van der Waals surface area contributed by atoms with Crippen LogP contribution in [0.1, 0.15) is 103 Å². The largest absolute Gasteiger partial charge is 0.466 e. The van der Waals surface area contributed by atoms with Crippen molar-refractivity contribution in [1.29, 1.82) is 0 Å². The van der Waals surface area contributed by atoms with Gasteiger partial charge in [0.2, 0.25) is 0 Å². The maximum Gasteiger partial charge on any atom is 0.311 e. The molecule has 1 aromatic rings. The normalized spacial score (nSPS) is 10.7. The number of esters is 2. The van der Waals surface area contributed by atoms with Gasteiger partial charge in [-0.25, -0.2) is 0 Å². The summed E-state index contributed by atoms with van der Waals surface area (Å²) >= 11 is 0. The molecule has 0 aliphatic heterocycles. The van der Waals surface area contributed by atoms with E-state index in [1.165, 1.54) is 44.9 Å². The van der Waals surface area contributed by atoms with Gasteiger partial charge >= 0.3 is 11.9 Å². The van der Waals surface area contributed by atoms with Crippen LogP contribution in [0.4, 0.5) is 0 Å². The van der Waals surface area contributed by atoms with Gasteiger partial charge in [0.15, 0.2) is 0 Å². The third-order valence-corrected chi connectivity index (χ3v) is 5.06. The van der Waals surface area contributed by atoms with Crippen molar-refractivity contribution in [1.82, 2.24) is 0 Å². The van der Waals surface area contributed by atoms with Crippen molar-refractivity contribution in [3.63, 3.8) is 0 Å². The highest BCUT2D eigenvalue weighted by molar-refractivity contribution is 5.72. The minimum absolute atomic E-state index is 0.159. The number of rotatable bonds is 17. The average Bonchev–Trinajstić information content (AvgIpc) is 2.72. The summed E-state index contributed by atoms with van der Waals surface area (Å²) in [4.78, 5) is 23.6. The highest BCUT2D eigenvalue weighted by Crippen LogP contribution is 2.15. The van der Waals surface area contributed by atoms with Gasteiger partial charge in [-0.1, -0.05) is 77.3 Å². The van der Waals surface area contributed by atoms with Gasteiger partial charge in [-0.2, -0.15) is 0 Å². The Kier molecular flexibility index (Phi) is 14.8. The van der Waals surface area contributed by atoms with E-state index in [0.29, 0.717) is 38.0 Å². The predicted molar refractivity (Wildman–Crippen MR) is 118 cm³/mol.